The number of ether oxygens (including phenoxy) is 1. The highest BCUT2D eigenvalue weighted by molar-refractivity contribution is 5.91. The second-order valence-corrected chi connectivity index (χ2v) is 6.27. The summed E-state index contributed by atoms with van der Waals surface area (Å²) in [5.74, 6) is -1.18. The zero-order valence-electron chi connectivity index (χ0n) is 14.3. The number of urea groups is 1. The van der Waals surface area contributed by atoms with E-state index < -0.39 is 12.1 Å². The number of likely N-dealkylation sites (tertiary alicyclic amines) is 1. The van der Waals surface area contributed by atoms with Crippen molar-refractivity contribution in [3.63, 3.8) is 0 Å². The van der Waals surface area contributed by atoms with E-state index in [2.05, 4.69) is 5.32 Å². The first-order valence-electron chi connectivity index (χ1n) is 8.55. The number of hydrogen-bond donors (Lipinski definition) is 2. The van der Waals surface area contributed by atoms with E-state index in [0.717, 1.165) is 30.0 Å². The first-order valence-corrected chi connectivity index (χ1v) is 8.55. The summed E-state index contributed by atoms with van der Waals surface area (Å²) in [4.78, 5) is 38.2. The number of anilines is 1. The summed E-state index contributed by atoms with van der Waals surface area (Å²) in [5.41, 5.74) is 1.97. The number of nitrogens with zero attached hydrogens (tertiary/aromatic N) is 2. The van der Waals surface area contributed by atoms with Crippen LogP contribution in [-0.4, -0.2) is 58.7 Å². The van der Waals surface area contributed by atoms with E-state index >= 15 is 0 Å². The predicted molar refractivity (Wildman–Crippen MR) is 93.7 cm³/mol. The van der Waals surface area contributed by atoms with Crippen molar-refractivity contribution in [2.45, 2.75) is 25.3 Å². The van der Waals surface area contributed by atoms with Gasteiger partial charge >= 0.3 is 18.1 Å². The average Bonchev–Trinajstić information content (AvgIpc) is 2.79. The number of nitrogens with one attached hydrogen (secondary N) is 1. The van der Waals surface area contributed by atoms with E-state index in [1.807, 2.05) is 29.2 Å². The van der Waals surface area contributed by atoms with Crippen molar-refractivity contribution in [1.29, 1.82) is 0 Å². The van der Waals surface area contributed by atoms with Gasteiger partial charge in [-0.15, -0.1) is 0 Å². The Balaban J connectivity index is 1.54. The van der Waals surface area contributed by atoms with E-state index in [9.17, 15) is 14.4 Å². The van der Waals surface area contributed by atoms with Gasteiger partial charge in [0.2, 0.25) is 0 Å². The highest BCUT2D eigenvalue weighted by atomic mass is 16.5. The maximum absolute atomic E-state index is 12.5. The zero-order chi connectivity index (χ0) is 18.5. The van der Waals surface area contributed by atoms with Crippen LogP contribution in [0.15, 0.2) is 36.6 Å². The fraction of sp³-hybridized carbons (Fsp3) is 0.389. The molecule has 2 aliphatic heterocycles. The van der Waals surface area contributed by atoms with E-state index in [1.54, 1.807) is 0 Å². The lowest BCUT2D eigenvalue weighted by Gasteiger charge is -2.37. The number of amides is 3. The molecule has 0 bridgehead atoms. The van der Waals surface area contributed by atoms with Crippen LogP contribution in [0.5, 0.6) is 0 Å². The molecule has 0 atom stereocenters. The molecule has 0 unspecified atom stereocenters. The molecule has 0 spiro atoms. The molecule has 2 heterocycles. The van der Waals surface area contributed by atoms with Gasteiger partial charge in [0.1, 0.15) is 6.26 Å². The number of aliphatic carboxylic acids is 1. The van der Waals surface area contributed by atoms with Crippen molar-refractivity contribution >= 4 is 23.8 Å². The Morgan fingerprint density at radius 1 is 1.19 bits per heavy atom. The van der Waals surface area contributed by atoms with Crippen LogP contribution in [0.4, 0.5) is 15.3 Å². The second-order valence-electron chi connectivity index (χ2n) is 6.27. The van der Waals surface area contributed by atoms with Gasteiger partial charge in [-0.05, 0) is 30.9 Å². The minimum atomic E-state index is -1.18. The smallest absolute Gasteiger partial charge is 0.414 e. The number of piperidine rings is 1. The Bertz CT molecular complexity index is 725. The van der Waals surface area contributed by atoms with Gasteiger partial charge in [0.05, 0.1) is 6.08 Å². The van der Waals surface area contributed by atoms with Gasteiger partial charge in [0.25, 0.3) is 0 Å². The van der Waals surface area contributed by atoms with Crippen LogP contribution >= 0.6 is 0 Å². The molecule has 3 amide bonds. The fourth-order valence-electron chi connectivity index (χ4n) is 3.32. The molecule has 3 rings (SSSR count). The number of rotatable bonds is 3. The normalized spacial score (nSPS) is 18.2. The minimum Gasteiger partial charge on any atom is -0.478 e. The number of para-hydroxylation sites is 1. The van der Waals surface area contributed by atoms with Gasteiger partial charge in [-0.25, -0.2) is 14.4 Å². The summed E-state index contributed by atoms with van der Waals surface area (Å²) in [6, 6.07) is 7.73. The third-order valence-corrected chi connectivity index (χ3v) is 4.68. The number of carboxylic acids is 1. The van der Waals surface area contributed by atoms with Crippen molar-refractivity contribution in [2.24, 2.45) is 0 Å². The molecule has 0 aromatic heterocycles. The molecular weight excluding hydrogens is 338 g/mol. The molecule has 8 nitrogen and oxygen atoms in total. The van der Waals surface area contributed by atoms with Gasteiger partial charge in [-0.1, -0.05) is 18.2 Å². The highest BCUT2D eigenvalue weighted by Crippen LogP contribution is 2.24. The van der Waals surface area contributed by atoms with Crippen LogP contribution < -0.4 is 5.32 Å². The summed E-state index contributed by atoms with van der Waals surface area (Å²) in [6.45, 7) is 1.56. The summed E-state index contributed by atoms with van der Waals surface area (Å²) in [7, 11) is 0. The van der Waals surface area contributed by atoms with Crippen molar-refractivity contribution < 1.29 is 24.2 Å². The summed E-state index contributed by atoms with van der Waals surface area (Å²) < 4.78 is 4.79. The lowest BCUT2D eigenvalue weighted by atomic mass is 10.0. The van der Waals surface area contributed by atoms with Gasteiger partial charge < -0.3 is 25.0 Å². The Morgan fingerprint density at radius 2 is 1.92 bits per heavy atom. The monoisotopic (exact) mass is 359 g/mol. The number of carboxylic acid groups (broad SMARTS) is 1. The molecule has 138 valence electrons. The SMILES string of the molecule is O=C(O)C=COC(=O)N1CCC(N2CCc3ccccc3NC2=O)CC1. The lowest BCUT2D eigenvalue weighted by Crippen LogP contribution is -2.49. The maximum Gasteiger partial charge on any atom is 0.414 e. The van der Waals surface area contributed by atoms with Crippen molar-refractivity contribution in [2.75, 3.05) is 25.0 Å². The molecular formula is C18H21N3O5. The Labute approximate surface area is 151 Å². The zero-order valence-corrected chi connectivity index (χ0v) is 14.3. The third kappa shape index (κ3) is 4.14. The topological polar surface area (TPSA) is 99.2 Å². The maximum atomic E-state index is 12.5. The van der Waals surface area contributed by atoms with Crippen LogP contribution in [0.25, 0.3) is 0 Å². The number of benzene rings is 1. The van der Waals surface area contributed by atoms with Gasteiger partial charge in [0.15, 0.2) is 0 Å². The molecule has 2 N–H and O–H groups in total. The van der Waals surface area contributed by atoms with Crippen LogP contribution in [0.3, 0.4) is 0 Å². The van der Waals surface area contributed by atoms with Crippen LogP contribution in [0.1, 0.15) is 18.4 Å². The van der Waals surface area contributed by atoms with Crippen LogP contribution in [0.2, 0.25) is 0 Å². The van der Waals surface area contributed by atoms with Crippen LogP contribution in [-0.2, 0) is 16.0 Å². The Kier molecular flexibility index (Phi) is 5.40. The first-order chi connectivity index (χ1) is 12.5. The second kappa shape index (κ2) is 7.90. The molecule has 1 aromatic carbocycles. The van der Waals surface area contributed by atoms with E-state index in [1.165, 1.54) is 4.90 Å². The van der Waals surface area contributed by atoms with Crippen molar-refractivity contribution in [1.82, 2.24) is 9.80 Å². The van der Waals surface area contributed by atoms with Gasteiger partial charge in [-0.3, -0.25) is 0 Å². The molecule has 0 saturated carbocycles. The predicted octanol–water partition coefficient (Wildman–Crippen LogP) is 2.28. The minimum absolute atomic E-state index is 0.0583. The van der Waals surface area contributed by atoms with Gasteiger partial charge in [-0.2, -0.15) is 0 Å². The number of fused-ring (bicyclic) bond motifs is 1. The molecule has 2 aliphatic rings. The van der Waals surface area contributed by atoms with E-state index in [4.69, 9.17) is 9.84 Å². The first kappa shape index (κ1) is 17.8. The standard InChI is InChI=1S/C18H21N3O5/c22-16(23)8-12-26-18(25)20-9-6-14(7-10-20)21-11-5-13-3-1-2-4-15(13)19-17(21)24/h1-4,8,12,14H,5-7,9-11H2,(H,19,24)(H,22,23). The number of carbonyl (C=O) groups is 3. The highest BCUT2D eigenvalue weighted by Gasteiger charge is 2.31. The summed E-state index contributed by atoms with van der Waals surface area (Å²) in [5, 5.41) is 11.5. The van der Waals surface area contributed by atoms with E-state index in [-0.39, 0.29) is 12.1 Å². The number of carbonyl (C=O) groups excluding carboxylic acids is 2. The summed E-state index contributed by atoms with van der Waals surface area (Å²) >= 11 is 0. The van der Waals surface area contributed by atoms with E-state index in [0.29, 0.717) is 32.5 Å². The molecule has 1 aromatic rings. The molecule has 1 fully saturated rings. The lowest BCUT2D eigenvalue weighted by molar-refractivity contribution is -0.131. The van der Waals surface area contributed by atoms with Crippen LogP contribution in [0, 0.1) is 0 Å². The summed E-state index contributed by atoms with van der Waals surface area (Å²) in [6.07, 6.45) is 3.16. The Hall–Kier alpha value is -3.03. The molecule has 1 saturated heterocycles. The molecule has 0 radical (unpaired) electrons. The molecule has 8 heteroatoms. The molecule has 0 aliphatic carbocycles. The van der Waals surface area contributed by atoms with Crippen molar-refractivity contribution in [3.05, 3.63) is 42.2 Å². The number of hydrogen-bond acceptors (Lipinski definition) is 4. The Morgan fingerprint density at radius 3 is 2.65 bits per heavy atom. The molecule has 26 heavy (non-hydrogen) atoms. The largest absolute Gasteiger partial charge is 0.478 e. The van der Waals surface area contributed by atoms with Crippen molar-refractivity contribution in [3.8, 4) is 0 Å². The third-order valence-electron chi connectivity index (χ3n) is 4.68. The average molecular weight is 359 g/mol. The van der Waals surface area contributed by atoms with Gasteiger partial charge in [0, 0.05) is 31.4 Å². The fourth-order valence-corrected chi connectivity index (χ4v) is 3.32. The quantitative estimate of drug-likeness (QED) is 0.637.